The third-order valence-corrected chi connectivity index (χ3v) is 4.75. The summed E-state index contributed by atoms with van der Waals surface area (Å²) in [5, 5.41) is 2.85. The molecular formula is C11H19NS2. The molecule has 1 rings (SSSR count). The summed E-state index contributed by atoms with van der Waals surface area (Å²) in [5.74, 6) is 1.03. The normalized spacial score (nSPS) is 15.4. The second kappa shape index (κ2) is 5.79. The van der Waals surface area contributed by atoms with Crippen molar-refractivity contribution in [2.45, 2.75) is 38.5 Å². The minimum absolute atomic E-state index is 0.209. The standard InChI is InChI=1S/C11H19NS2/c1-4-8(2)14-7-11(12)10-5-6-13-9(10)3/h5-6,8,11H,4,7,12H2,1-3H3. The summed E-state index contributed by atoms with van der Waals surface area (Å²) in [6, 6.07) is 2.36. The smallest absolute Gasteiger partial charge is 0.0397 e. The summed E-state index contributed by atoms with van der Waals surface area (Å²) in [6.07, 6.45) is 1.22. The molecule has 0 amide bonds. The van der Waals surface area contributed by atoms with Crippen LogP contribution in [0.25, 0.3) is 0 Å². The zero-order valence-electron chi connectivity index (χ0n) is 9.12. The molecule has 0 bridgehead atoms. The molecule has 0 spiro atoms. The Morgan fingerprint density at radius 1 is 1.57 bits per heavy atom. The van der Waals surface area contributed by atoms with Crippen LogP contribution in [0.1, 0.15) is 36.8 Å². The molecule has 2 unspecified atom stereocenters. The third-order valence-electron chi connectivity index (χ3n) is 2.43. The van der Waals surface area contributed by atoms with Gasteiger partial charge in [-0.05, 0) is 30.4 Å². The first-order valence-corrected chi connectivity index (χ1v) is 6.99. The minimum Gasteiger partial charge on any atom is -0.323 e. The molecule has 14 heavy (non-hydrogen) atoms. The van der Waals surface area contributed by atoms with Crippen LogP contribution in [0.3, 0.4) is 0 Å². The van der Waals surface area contributed by atoms with Gasteiger partial charge in [0.05, 0.1) is 0 Å². The Bertz CT molecular complexity index is 270. The van der Waals surface area contributed by atoms with Crippen LogP contribution in [-0.4, -0.2) is 11.0 Å². The van der Waals surface area contributed by atoms with Gasteiger partial charge in [-0.25, -0.2) is 0 Å². The van der Waals surface area contributed by atoms with Crippen molar-refractivity contribution < 1.29 is 0 Å². The van der Waals surface area contributed by atoms with Gasteiger partial charge in [0.1, 0.15) is 0 Å². The summed E-state index contributed by atoms with van der Waals surface area (Å²) in [4.78, 5) is 1.36. The van der Waals surface area contributed by atoms with Gasteiger partial charge in [0.2, 0.25) is 0 Å². The van der Waals surface area contributed by atoms with E-state index in [1.165, 1.54) is 16.9 Å². The fourth-order valence-corrected chi connectivity index (χ4v) is 2.98. The Labute approximate surface area is 95.1 Å². The van der Waals surface area contributed by atoms with Crippen molar-refractivity contribution in [3.8, 4) is 0 Å². The molecule has 2 N–H and O–H groups in total. The van der Waals surface area contributed by atoms with Gasteiger partial charge in [-0.2, -0.15) is 11.8 Å². The summed E-state index contributed by atoms with van der Waals surface area (Å²) in [5.41, 5.74) is 7.45. The number of thioether (sulfide) groups is 1. The fraction of sp³-hybridized carbons (Fsp3) is 0.636. The Balaban J connectivity index is 2.43. The number of hydrogen-bond acceptors (Lipinski definition) is 3. The predicted molar refractivity (Wildman–Crippen MR) is 68.2 cm³/mol. The number of nitrogens with two attached hydrogens (primary N) is 1. The summed E-state index contributed by atoms with van der Waals surface area (Å²) in [6.45, 7) is 6.63. The van der Waals surface area contributed by atoms with Crippen molar-refractivity contribution in [2.24, 2.45) is 5.73 Å². The second-order valence-corrected chi connectivity index (χ2v) is 6.18. The molecule has 0 saturated heterocycles. The lowest BCUT2D eigenvalue weighted by Gasteiger charge is -2.14. The topological polar surface area (TPSA) is 26.0 Å². The molecule has 1 nitrogen and oxygen atoms in total. The van der Waals surface area contributed by atoms with Crippen molar-refractivity contribution in [3.63, 3.8) is 0 Å². The number of hydrogen-bond donors (Lipinski definition) is 1. The van der Waals surface area contributed by atoms with E-state index in [1.807, 2.05) is 11.8 Å². The van der Waals surface area contributed by atoms with E-state index in [9.17, 15) is 0 Å². The Morgan fingerprint density at radius 2 is 2.29 bits per heavy atom. The summed E-state index contributed by atoms with van der Waals surface area (Å²) in [7, 11) is 0. The zero-order valence-corrected chi connectivity index (χ0v) is 10.8. The first-order valence-electron chi connectivity index (χ1n) is 5.06. The molecule has 1 aromatic rings. The molecule has 80 valence electrons. The lowest BCUT2D eigenvalue weighted by molar-refractivity contribution is 0.819. The molecule has 0 radical (unpaired) electrons. The maximum atomic E-state index is 6.13. The second-order valence-electron chi connectivity index (χ2n) is 3.59. The van der Waals surface area contributed by atoms with Gasteiger partial charge in [0.25, 0.3) is 0 Å². The van der Waals surface area contributed by atoms with Crippen molar-refractivity contribution in [1.82, 2.24) is 0 Å². The minimum atomic E-state index is 0.209. The fourth-order valence-electron chi connectivity index (χ4n) is 1.26. The molecule has 0 fully saturated rings. The predicted octanol–water partition coefficient (Wildman–Crippen LogP) is 3.59. The van der Waals surface area contributed by atoms with Crippen LogP contribution in [0.15, 0.2) is 11.4 Å². The molecule has 1 heterocycles. The van der Waals surface area contributed by atoms with E-state index in [-0.39, 0.29) is 6.04 Å². The van der Waals surface area contributed by atoms with Crippen LogP contribution in [0.4, 0.5) is 0 Å². The molecule has 0 aliphatic heterocycles. The highest BCUT2D eigenvalue weighted by Crippen LogP contribution is 2.25. The van der Waals surface area contributed by atoms with Gasteiger partial charge in [-0.1, -0.05) is 13.8 Å². The van der Waals surface area contributed by atoms with Crippen LogP contribution in [0.2, 0.25) is 0 Å². The molecule has 0 aliphatic carbocycles. The van der Waals surface area contributed by atoms with Crippen molar-refractivity contribution >= 4 is 23.1 Å². The highest BCUT2D eigenvalue weighted by atomic mass is 32.2. The van der Waals surface area contributed by atoms with E-state index in [0.29, 0.717) is 0 Å². The first-order chi connectivity index (χ1) is 6.65. The maximum absolute atomic E-state index is 6.13. The lowest BCUT2D eigenvalue weighted by Crippen LogP contribution is -2.14. The Kier molecular flexibility index (Phi) is 4.99. The highest BCUT2D eigenvalue weighted by molar-refractivity contribution is 7.99. The van der Waals surface area contributed by atoms with E-state index >= 15 is 0 Å². The van der Waals surface area contributed by atoms with E-state index in [2.05, 4.69) is 32.2 Å². The number of aryl methyl sites for hydroxylation is 1. The zero-order chi connectivity index (χ0) is 10.6. The third kappa shape index (κ3) is 3.30. The quantitative estimate of drug-likeness (QED) is 0.835. The SMILES string of the molecule is CCC(C)SCC(N)c1ccsc1C. The monoisotopic (exact) mass is 229 g/mol. The molecule has 0 aromatic carbocycles. The van der Waals surface area contributed by atoms with E-state index in [0.717, 1.165) is 11.0 Å². The highest BCUT2D eigenvalue weighted by Gasteiger charge is 2.11. The van der Waals surface area contributed by atoms with Gasteiger partial charge in [0, 0.05) is 21.9 Å². The lowest BCUT2D eigenvalue weighted by atomic mass is 10.1. The van der Waals surface area contributed by atoms with E-state index in [1.54, 1.807) is 11.3 Å². The first kappa shape index (κ1) is 12.1. The number of rotatable bonds is 5. The van der Waals surface area contributed by atoms with Crippen molar-refractivity contribution in [2.75, 3.05) is 5.75 Å². The molecule has 2 atom stereocenters. The average molecular weight is 229 g/mol. The van der Waals surface area contributed by atoms with Crippen LogP contribution >= 0.6 is 23.1 Å². The summed E-state index contributed by atoms with van der Waals surface area (Å²) >= 11 is 3.75. The molecule has 0 saturated carbocycles. The molecule has 3 heteroatoms. The Morgan fingerprint density at radius 3 is 2.79 bits per heavy atom. The van der Waals surface area contributed by atoms with Gasteiger partial charge >= 0.3 is 0 Å². The Hall–Kier alpha value is 0.01000. The molecule has 1 aromatic heterocycles. The van der Waals surface area contributed by atoms with E-state index in [4.69, 9.17) is 5.73 Å². The van der Waals surface area contributed by atoms with Gasteiger partial charge in [-0.15, -0.1) is 11.3 Å². The van der Waals surface area contributed by atoms with Crippen LogP contribution in [0.5, 0.6) is 0 Å². The number of thiophene rings is 1. The van der Waals surface area contributed by atoms with Crippen LogP contribution < -0.4 is 5.73 Å². The van der Waals surface area contributed by atoms with Gasteiger partial charge in [0.15, 0.2) is 0 Å². The van der Waals surface area contributed by atoms with Gasteiger partial charge in [-0.3, -0.25) is 0 Å². The summed E-state index contributed by atoms with van der Waals surface area (Å²) < 4.78 is 0. The maximum Gasteiger partial charge on any atom is 0.0397 e. The van der Waals surface area contributed by atoms with Crippen LogP contribution in [-0.2, 0) is 0 Å². The van der Waals surface area contributed by atoms with Crippen LogP contribution in [0, 0.1) is 6.92 Å². The van der Waals surface area contributed by atoms with Crippen molar-refractivity contribution in [1.29, 1.82) is 0 Å². The van der Waals surface area contributed by atoms with E-state index < -0.39 is 0 Å². The largest absolute Gasteiger partial charge is 0.323 e. The average Bonchev–Trinajstić information content (AvgIpc) is 2.60. The van der Waals surface area contributed by atoms with Gasteiger partial charge < -0.3 is 5.73 Å². The van der Waals surface area contributed by atoms with Crippen molar-refractivity contribution in [3.05, 3.63) is 21.9 Å². The molecule has 0 aliphatic rings. The molecular weight excluding hydrogens is 210 g/mol.